The number of carbonyl (C=O) groups excluding carboxylic acids is 4. The summed E-state index contributed by atoms with van der Waals surface area (Å²) in [7, 11) is 0. The van der Waals surface area contributed by atoms with Gasteiger partial charge in [0.25, 0.3) is 23.6 Å². The highest BCUT2D eigenvalue weighted by molar-refractivity contribution is 6.41. The van der Waals surface area contributed by atoms with Gasteiger partial charge >= 0.3 is 22.8 Å². The Labute approximate surface area is 194 Å². The van der Waals surface area contributed by atoms with E-state index in [0.29, 0.717) is 9.80 Å². The van der Waals surface area contributed by atoms with Gasteiger partial charge < -0.3 is 0 Å². The van der Waals surface area contributed by atoms with Crippen LogP contribution in [0.5, 0.6) is 0 Å². The van der Waals surface area contributed by atoms with Gasteiger partial charge in [-0.05, 0) is 24.3 Å². The topological polar surface area (TPSA) is 232 Å². The number of amides is 4. The number of benzene rings is 2. The summed E-state index contributed by atoms with van der Waals surface area (Å²) < 4.78 is 0. The maximum Gasteiger partial charge on any atom is 0.352 e. The van der Waals surface area contributed by atoms with Gasteiger partial charge in [-0.1, -0.05) is 0 Å². The zero-order valence-corrected chi connectivity index (χ0v) is 17.4. The number of nitrogens with one attached hydrogen (secondary N) is 4. The first kappa shape index (κ1) is 20.8. The van der Waals surface area contributed by atoms with Crippen LogP contribution in [-0.4, -0.2) is 53.5 Å². The van der Waals surface area contributed by atoms with Crippen LogP contribution in [0.15, 0.2) is 43.4 Å². The Kier molecular flexibility index (Phi) is 3.96. The molecule has 0 unspecified atom stereocenters. The van der Waals surface area contributed by atoms with Crippen molar-refractivity contribution in [2.45, 2.75) is 0 Å². The molecule has 4 amide bonds. The Morgan fingerprint density at radius 1 is 0.472 bits per heavy atom. The summed E-state index contributed by atoms with van der Waals surface area (Å²) in [6, 6.07) is 4.88. The van der Waals surface area contributed by atoms with Crippen molar-refractivity contribution in [1.82, 2.24) is 29.9 Å². The van der Waals surface area contributed by atoms with E-state index in [1.54, 1.807) is 0 Å². The molecule has 6 rings (SSSR count). The SMILES string of the molecule is O=C1c2ccc3c4c(ccc(c24)C(=O)N1c1nc(=O)[nH]c(=O)[nH]1)C(=O)N(c1nc(=O)[nH]c(=O)[nH]1)C3=O. The minimum Gasteiger partial charge on any atom is -0.277 e. The summed E-state index contributed by atoms with van der Waals surface area (Å²) in [4.78, 5) is 115. The Bertz CT molecular complexity index is 1710. The predicted octanol–water partition coefficient (Wildman–Crippen LogP) is -2.02. The Hall–Kier alpha value is -5.80. The van der Waals surface area contributed by atoms with Crippen molar-refractivity contribution in [3.05, 3.63) is 88.5 Å². The summed E-state index contributed by atoms with van der Waals surface area (Å²) in [5.41, 5.74) is -4.60. The monoisotopic (exact) mass is 488 g/mol. The molecule has 0 bridgehead atoms. The van der Waals surface area contributed by atoms with E-state index in [0.717, 1.165) is 0 Å². The van der Waals surface area contributed by atoms with Crippen LogP contribution in [0.3, 0.4) is 0 Å². The standard InChI is InChI=1S/C20H8N8O8/c29-11-5-1-2-6-10-8(14(32)28(12(6)30)16-23-19(35)26-20(36)24-16)4-3-7(9(5)10)13(31)27(11)15-21-17(33)25-18(34)22-15/h1-4H,(H2,21,22,25,33,34)(H2,23,24,26,35,36). The number of H-pyrrole nitrogens is 4. The molecule has 16 nitrogen and oxygen atoms in total. The van der Waals surface area contributed by atoms with Crippen LogP contribution >= 0.6 is 0 Å². The molecule has 2 aromatic carbocycles. The summed E-state index contributed by atoms with van der Waals surface area (Å²) >= 11 is 0. The number of hydrogen-bond acceptors (Lipinski definition) is 10. The van der Waals surface area contributed by atoms with E-state index in [2.05, 4.69) is 19.9 Å². The predicted molar refractivity (Wildman–Crippen MR) is 117 cm³/mol. The highest BCUT2D eigenvalue weighted by Crippen LogP contribution is 2.38. The molecule has 4 N–H and O–H groups in total. The zero-order chi connectivity index (χ0) is 25.5. The molecule has 0 radical (unpaired) electrons. The molecule has 0 atom stereocenters. The Balaban J connectivity index is 1.58. The maximum atomic E-state index is 13.3. The molecular formula is C20H8N8O8. The number of carbonyl (C=O) groups is 4. The first-order valence-corrected chi connectivity index (χ1v) is 9.94. The number of anilines is 2. The van der Waals surface area contributed by atoms with E-state index < -0.39 is 58.3 Å². The van der Waals surface area contributed by atoms with Gasteiger partial charge in [-0.25, -0.2) is 29.0 Å². The van der Waals surface area contributed by atoms with Crippen molar-refractivity contribution in [3.63, 3.8) is 0 Å². The van der Waals surface area contributed by atoms with Gasteiger partial charge in [0, 0.05) is 33.0 Å². The second-order valence-electron chi connectivity index (χ2n) is 7.60. The van der Waals surface area contributed by atoms with Gasteiger partial charge in [-0.3, -0.25) is 39.1 Å². The van der Waals surface area contributed by atoms with Gasteiger partial charge in [0.1, 0.15) is 0 Å². The number of aromatic amines is 4. The van der Waals surface area contributed by atoms with Crippen molar-refractivity contribution in [2.24, 2.45) is 0 Å². The molecule has 2 aliphatic rings. The largest absolute Gasteiger partial charge is 0.352 e. The van der Waals surface area contributed by atoms with E-state index in [-0.39, 0.29) is 33.0 Å². The lowest BCUT2D eigenvalue weighted by Crippen LogP contribution is -2.46. The van der Waals surface area contributed by atoms with E-state index in [1.165, 1.54) is 24.3 Å². The third-order valence-electron chi connectivity index (χ3n) is 5.62. The highest BCUT2D eigenvalue weighted by Gasteiger charge is 2.42. The van der Waals surface area contributed by atoms with E-state index in [4.69, 9.17) is 0 Å². The van der Waals surface area contributed by atoms with Gasteiger partial charge in [0.05, 0.1) is 0 Å². The molecular weight excluding hydrogens is 480 g/mol. The molecule has 36 heavy (non-hydrogen) atoms. The van der Waals surface area contributed by atoms with Gasteiger partial charge in [-0.2, -0.15) is 9.97 Å². The van der Waals surface area contributed by atoms with Crippen LogP contribution in [0.4, 0.5) is 11.9 Å². The lowest BCUT2D eigenvalue weighted by molar-refractivity contribution is 0.0870. The minimum absolute atomic E-state index is 0.00264. The number of rotatable bonds is 2. The molecule has 0 aliphatic carbocycles. The van der Waals surface area contributed by atoms with Crippen molar-refractivity contribution >= 4 is 46.3 Å². The second-order valence-corrected chi connectivity index (χ2v) is 7.60. The van der Waals surface area contributed by atoms with Crippen molar-refractivity contribution in [2.75, 3.05) is 9.80 Å². The first-order chi connectivity index (χ1) is 17.2. The van der Waals surface area contributed by atoms with Crippen LogP contribution in [-0.2, 0) is 0 Å². The van der Waals surface area contributed by atoms with Gasteiger partial charge in [-0.15, -0.1) is 0 Å². The molecule has 4 heterocycles. The van der Waals surface area contributed by atoms with Crippen molar-refractivity contribution < 1.29 is 19.2 Å². The number of hydrogen-bond donors (Lipinski definition) is 4. The molecule has 16 heteroatoms. The fourth-order valence-electron chi connectivity index (χ4n) is 4.24. The molecule has 0 saturated carbocycles. The molecule has 4 aromatic rings. The quantitative estimate of drug-likeness (QED) is 0.226. The van der Waals surface area contributed by atoms with Crippen molar-refractivity contribution in [3.8, 4) is 0 Å². The number of aromatic nitrogens is 6. The fourth-order valence-corrected chi connectivity index (χ4v) is 4.24. The smallest absolute Gasteiger partial charge is 0.277 e. The van der Waals surface area contributed by atoms with E-state index in [1.807, 2.05) is 9.97 Å². The first-order valence-electron chi connectivity index (χ1n) is 9.94. The molecule has 0 spiro atoms. The normalized spacial score (nSPS) is 14.7. The second kappa shape index (κ2) is 6.86. The average molecular weight is 488 g/mol. The summed E-state index contributed by atoms with van der Waals surface area (Å²) in [6.45, 7) is 0. The summed E-state index contributed by atoms with van der Waals surface area (Å²) in [6.07, 6.45) is 0. The molecule has 176 valence electrons. The van der Waals surface area contributed by atoms with Crippen LogP contribution in [0, 0.1) is 0 Å². The van der Waals surface area contributed by atoms with Crippen LogP contribution < -0.4 is 32.6 Å². The zero-order valence-electron chi connectivity index (χ0n) is 17.4. The van der Waals surface area contributed by atoms with E-state index in [9.17, 15) is 38.4 Å². The lowest BCUT2D eigenvalue weighted by Gasteiger charge is -2.30. The molecule has 2 aliphatic heterocycles. The molecule has 2 aromatic heterocycles. The van der Waals surface area contributed by atoms with Gasteiger partial charge in [0.2, 0.25) is 11.9 Å². The molecule has 0 fully saturated rings. The summed E-state index contributed by atoms with van der Waals surface area (Å²) in [5.74, 6) is -5.08. The van der Waals surface area contributed by atoms with Crippen LogP contribution in [0.25, 0.3) is 10.8 Å². The van der Waals surface area contributed by atoms with Crippen LogP contribution in [0.2, 0.25) is 0 Å². The average Bonchev–Trinajstić information content (AvgIpc) is 2.80. The minimum atomic E-state index is -1.09. The Morgan fingerprint density at radius 3 is 1.06 bits per heavy atom. The highest BCUT2D eigenvalue weighted by atomic mass is 16.2. The third kappa shape index (κ3) is 2.68. The fraction of sp³-hybridized carbons (Fsp3) is 0. The number of imide groups is 2. The maximum absolute atomic E-state index is 13.3. The van der Waals surface area contributed by atoms with Crippen LogP contribution in [0.1, 0.15) is 41.4 Å². The Morgan fingerprint density at radius 2 is 0.778 bits per heavy atom. The van der Waals surface area contributed by atoms with Gasteiger partial charge in [0.15, 0.2) is 0 Å². The summed E-state index contributed by atoms with van der Waals surface area (Å²) in [5, 5.41) is -0.00528. The van der Waals surface area contributed by atoms with Crippen molar-refractivity contribution in [1.29, 1.82) is 0 Å². The third-order valence-corrected chi connectivity index (χ3v) is 5.62. The number of nitrogens with zero attached hydrogens (tertiary/aromatic N) is 4. The molecule has 0 saturated heterocycles. The van der Waals surface area contributed by atoms with E-state index >= 15 is 0 Å². The lowest BCUT2D eigenvalue weighted by atomic mass is 9.86.